The van der Waals surface area contributed by atoms with Gasteiger partial charge in [0.05, 0.1) is 28.8 Å². The lowest BCUT2D eigenvalue weighted by Crippen LogP contribution is -2.44. The first-order valence-corrected chi connectivity index (χ1v) is 13.5. The fourth-order valence-electron chi connectivity index (χ4n) is 4.63. The summed E-state index contributed by atoms with van der Waals surface area (Å²) in [5.74, 6) is 1.19. The molecule has 0 atom stereocenters. The molecule has 0 aliphatic carbocycles. The van der Waals surface area contributed by atoms with E-state index in [-0.39, 0.29) is 11.2 Å². The summed E-state index contributed by atoms with van der Waals surface area (Å²) in [4.78, 5) is 18.0. The maximum Gasteiger partial charge on any atom is 0.157 e. The molecule has 210 valence electrons. The van der Waals surface area contributed by atoms with E-state index in [1.165, 1.54) is 0 Å². The molecule has 0 aliphatic rings. The summed E-state index contributed by atoms with van der Waals surface area (Å²) in [6, 6.07) is 9.17. The largest absolute Gasteiger partial charge is 0.453 e. The van der Waals surface area contributed by atoms with Crippen LogP contribution in [0.2, 0.25) is 0 Å². The monoisotopic (exact) mass is 541 g/mol. The van der Waals surface area contributed by atoms with Crippen molar-refractivity contribution in [3.05, 3.63) is 90.4 Å². The summed E-state index contributed by atoms with van der Waals surface area (Å²) in [6.45, 7) is 24.2. The van der Waals surface area contributed by atoms with Gasteiger partial charge < -0.3 is 14.2 Å². The van der Waals surface area contributed by atoms with Crippen molar-refractivity contribution < 1.29 is 8.81 Å². The van der Waals surface area contributed by atoms with Gasteiger partial charge in [-0.1, -0.05) is 45.6 Å². The number of benzene rings is 1. The summed E-state index contributed by atoms with van der Waals surface area (Å²) >= 11 is 0. The van der Waals surface area contributed by atoms with E-state index in [0.29, 0.717) is 41.2 Å². The van der Waals surface area contributed by atoms with Gasteiger partial charge >= 0.3 is 0 Å². The second-order valence-corrected chi connectivity index (χ2v) is 12.0. The molecule has 7 heteroatoms. The number of likely N-dealkylation sites (N-methyl/N-ethyl adjacent to an activating group) is 1. The van der Waals surface area contributed by atoms with Crippen LogP contribution in [0.5, 0.6) is 0 Å². The van der Waals surface area contributed by atoms with E-state index in [2.05, 4.69) is 67.5 Å². The van der Waals surface area contributed by atoms with Crippen molar-refractivity contribution in [3.63, 3.8) is 0 Å². The highest BCUT2D eigenvalue weighted by Gasteiger charge is 2.29. The molecule has 40 heavy (non-hydrogen) atoms. The molecule has 0 spiro atoms. The highest BCUT2D eigenvalue weighted by atomic mass is 19.1. The number of fused-ring (bicyclic) bond motifs is 1. The van der Waals surface area contributed by atoms with Crippen LogP contribution < -0.4 is 4.90 Å². The molecular formula is C33H40FN5O. The standard InChI is InChI=1S/C33H40FN5O/c1-11-33(8,9)39(15-14-38(10)30-20-35-19-22(3)36-30)23(4)29-18-28-31(40-29)25(32(5,6)7)17-27(37-28)24-13-12-21(2)26(34)16-24/h11-13,16-20H,1,4,14-15H2,2-3,5-10H3. The minimum absolute atomic E-state index is 0.229. The normalized spacial score (nSPS) is 12.0. The quantitative estimate of drug-likeness (QED) is 0.202. The van der Waals surface area contributed by atoms with Gasteiger partial charge in [-0.25, -0.2) is 14.4 Å². The van der Waals surface area contributed by atoms with E-state index in [4.69, 9.17) is 9.40 Å². The van der Waals surface area contributed by atoms with Crippen LogP contribution in [0.25, 0.3) is 28.1 Å². The van der Waals surface area contributed by atoms with Crippen molar-refractivity contribution in [3.8, 4) is 11.3 Å². The van der Waals surface area contributed by atoms with Gasteiger partial charge in [0.25, 0.3) is 0 Å². The van der Waals surface area contributed by atoms with E-state index in [1.54, 1.807) is 31.5 Å². The number of aromatic nitrogens is 3. The Hall–Kier alpha value is -4.00. The molecule has 3 aromatic heterocycles. The zero-order valence-corrected chi connectivity index (χ0v) is 25.0. The van der Waals surface area contributed by atoms with Crippen molar-refractivity contribution in [2.75, 3.05) is 25.0 Å². The molecule has 0 unspecified atom stereocenters. The molecule has 0 saturated carbocycles. The third-order valence-corrected chi connectivity index (χ3v) is 7.35. The fourth-order valence-corrected chi connectivity index (χ4v) is 4.63. The fraction of sp³-hybridized carbons (Fsp3) is 0.364. The Kier molecular flexibility index (Phi) is 7.88. The molecule has 0 saturated heterocycles. The Balaban J connectivity index is 1.73. The lowest BCUT2D eigenvalue weighted by molar-refractivity contribution is 0.254. The third kappa shape index (κ3) is 5.93. The number of hydrogen-bond acceptors (Lipinski definition) is 6. The Morgan fingerprint density at radius 1 is 1.02 bits per heavy atom. The number of pyridine rings is 1. The van der Waals surface area contributed by atoms with E-state index in [0.717, 1.165) is 28.3 Å². The van der Waals surface area contributed by atoms with Crippen LogP contribution in [0.3, 0.4) is 0 Å². The van der Waals surface area contributed by atoms with Gasteiger partial charge in [0.2, 0.25) is 0 Å². The molecule has 0 bridgehead atoms. The van der Waals surface area contributed by atoms with Crippen LogP contribution >= 0.6 is 0 Å². The number of furan rings is 1. The predicted molar refractivity (Wildman–Crippen MR) is 163 cm³/mol. The average Bonchev–Trinajstić information content (AvgIpc) is 3.33. The molecule has 3 heterocycles. The number of aryl methyl sites for hydroxylation is 2. The van der Waals surface area contributed by atoms with E-state index < -0.39 is 5.54 Å². The van der Waals surface area contributed by atoms with Crippen LogP contribution in [-0.2, 0) is 5.41 Å². The zero-order valence-electron chi connectivity index (χ0n) is 25.0. The molecule has 0 radical (unpaired) electrons. The number of nitrogens with zero attached hydrogens (tertiary/aromatic N) is 5. The molecule has 4 rings (SSSR count). The zero-order chi connectivity index (χ0) is 29.4. The van der Waals surface area contributed by atoms with Gasteiger partial charge in [0.15, 0.2) is 11.3 Å². The first-order valence-electron chi connectivity index (χ1n) is 13.5. The Labute approximate surface area is 237 Å². The summed E-state index contributed by atoms with van der Waals surface area (Å²) < 4.78 is 20.9. The van der Waals surface area contributed by atoms with Gasteiger partial charge in [-0.05, 0) is 50.8 Å². The van der Waals surface area contributed by atoms with Gasteiger partial charge in [-0.2, -0.15) is 0 Å². The minimum Gasteiger partial charge on any atom is -0.453 e. The van der Waals surface area contributed by atoms with E-state index in [9.17, 15) is 4.39 Å². The SMILES string of the molecule is C=CC(C)(C)N(CCN(C)c1cncc(C)n1)C(=C)c1cc2nc(-c3ccc(C)c(F)c3)cc(C(C)(C)C)c2o1. The molecule has 1 aromatic carbocycles. The summed E-state index contributed by atoms with van der Waals surface area (Å²) in [6.07, 6.45) is 5.42. The minimum atomic E-state index is -0.403. The van der Waals surface area contributed by atoms with Crippen molar-refractivity contribution in [2.45, 2.75) is 59.4 Å². The van der Waals surface area contributed by atoms with Crippen LogP contribution in [0.15, 0.2) is 66.4 Å². The first-order chi connectivity index (χ1) is 18.7. The topological polar surface area (TPSA) is 58.3 Å². The molecular weight excluding hydrogens is 501 g/mol. The van der Waals surface area contributed by atoms with Crippen LogP contribution in [0, 0.1) is 19.7 Å². The Bertz CT molecular complexity index is 1560. The average molecular weight is 542 g/mol. The smallest absolute Gasteiger partial charge is 0.157 e. The molecule has 0 N–H and O–H groups in total. The lowest BCUT2D eigenvalue weighted by atomic mass is 9.86. The van der Waals surface area contributed by atoms with Crippen LogP contribution in [-0.4, -0.2) is 45.5 Å². The van der Waals surface area contributed by atoms with Gasteiger partial charge in [0, 0.05) is 43.5 Å². The Morgan fingerprint density at radius 3 is 2.38 bits per heavy atom. The third-order valence-electron chi connectivity index (χ3n) is 7.35. The van der Waals surface area contributed by atoms with Gasteiger partial charge in [0.1, 0.15) is 17.2 Å². The van der Waals surface area contributed by atoms with Gasteiger partial charge in [-0.15, -0.1) is 6.58 Å². The highest BCUT2D eigenvalue weighted by Crippen LogP contribution is 2.37. The van der Waals surface area contributed by atoms with Crippen molar-refractivity contribution in [2.24, 2.45) is 0 Å². The number of anilines is 1. The molecule has 0 aliphatic heterocycles. The molecule has 6 nitrogen and oxygen atoms in total. The lowest BCUT2D eigenvalue weighted by Gasteiger charge is -2.39. The van der Waals surface area contributed by atoms with Gasteiger partial charge in [-0.3, -0.25) is 4.98 Å². The maximum absolute atomic E-state index is 14.4. The van der Waals surface area contributed by atoms with E-state index in [1.807, 2.05) is 38.2 Å². The summed E-state index contributed by atoms with van der Waals surface area (Å²) in [5.41, 5.74) is 5.43. The number of rotatable bonds is 9. The van der Waals surface area contributed by atoms with Crippen molar-refractivity contribution in [1.82, 2.24) is 19.9 Å². The van der Waals surface area contributed by atoms with E-state index >= 15 is 0 Å². The van der Waals surface area contributed by atoms with Crippen molar-refractivity contribution in [1.29, 1.82) is 0 Å². The number of hydrogen-bond donors (Lipinski definition) is 0. The number of halogens is 1. The van der Waals surface area contributed by atoms with Crippen LogP contribution in [0.4, 0.5) is 10.2 Å². The van der Waals surface area contributed by atoms with Crippen molar-refractivity contribution >= 4 is 22.6 Å². The van der Waals surface area contributed by atoms with Crippen LogP contribution in [0.1, 0.15) is 57.2 Å². The first kappa shape index (κ1) is 29.0. The highest BCUT2D eigenvalue weighted by molar-refractivity contribution is 5.84. The Morgan fingerprint density at radius 2 is 1.75 bits per heavy atom. The maximum atomic E-state index is 14.4. The second-order valence-electron chi connectivity index (χ2n) is 12.0. The summed E-state index contributed by atoms with van der Waals surface area (Å²) in [7, 11) is 2.00. The molecule has 4 aromatic rings. The predicted octanol–water partition coefficient (Wildman–Crippen LogP) is 7.71. The molecule has 0 fully saturated rings. The summed E-state index contributed by atoms with van der Waals surface area (Å²) in [5, 5.41) is 0. The second kappa shape index (κ2) is 10.9. The molecule has 0 amide bonds.